The topological polar surface area (TPSA) is 84.9 Å². The highest BCUT2D eigenvalue weighted by Crippen LogP contribution is 2.36. The Morgan fingerprint density at radius 3 is 2.76 bits per heavy atom. The monoisotopic (exact) mass is 296 g/mol. The van der Waals surface area contributed by atoms with Crippen LogP contribution in [-0.2, 0) is 19.1 Å². The molecule has 2 aliphatic rings. The number of carbonyl (C=O) groups excluding carboxylic acids is 3. The highest BCUT2D eigenvalue weighted by molar-refractivity contribution is 5.93. The van der Waals surface area contributed by atoms with Gasteiger partial charge in [-0.05, 0) is 25.7 Å². The van der Waals surface area contributed by atoms with Crippen LogP contribution in [0.25, 0.3) is 0 Å². The van der Waals surface area contributed by atoms with Gasteiger partial charge in [0.2, 0.25) is 5.91 Å². The van der Waals surface area contributed by atoms with E-state index in [1.54, 1.807) is 11.0 Å². The molecule has 0 bridgehead atoms. The van der Waals surface area contributed by atoms with E-state index in [2.05, 4.69) is 10.1 Å². The van der Waals surface area contributed by atoms with E-state index in [4.69, 9.17) is 4.74 Å². The molecule has 2 amide bonds. The maximum absolute atomic E-state index is 12.7. The predicted octanol–water partition coefficient (Wildman–Crippen LogP) is 0.595. The summed E-state index contributed by atoms with van der Waals surface area (Å²) in [6.07, 6.45) is 5.13. The van der Waals surface area contributed by atoms with Crippen LogP contribution in [0.5, 0.6) is 0 Å². The number of nitrogens with zero attached hydrogens (tertiary/aromatic N) is 1. The smallest absolute Gasteiger partial charge is 0.407 e. The molecule has 1 saturated heterocycles. The maximum Gasteiger partial charge on any atom is 0.407 e. The Bertz CT molecular complexity index is 476. The van der Waals surface area contributed by atoms with Gasteiger partial charge in [-0.2, -0.15) is 0 Å². The van der Waals surface area contributed by atoms with Crippen molar-refractivity contribution in [3.63, 3.8) is 0 Å². The number of hydrogen-bond donors (Lipinski definition) is 1. The molecule has 0 spiro atoms. The van der Waals surface area contributed by atoms with E-state index in [1.165, 1.54) is 14.2 Å². The number of ether oxygens (including phenoxy) is 2. The molecule has 7 heteroatoms. The Kier molecular flexibility index (Phi) is 4.50. The Balaban J connectivity index is 2.29. The van der Waals surface area contributed by atoms with Crippen LogP contribution >= 0.6 is 0 Å². The van der Waals surface area contributed by atoms with Crippen LogP contribution in [0, 0.1) is 0 Å². The van der Waals surface area contributed by atoms with Crippen molar-refractivity contribution in [2.75, 3.05) is 20.8 Å². The number of carbonyl (C=O) groups is 3. The van der Waals surface area contributed by atoms with Crippen molar-refractivity contribution in [3.8, 4) is 0 Å². The zero-order valence-corrected chi connectivity index (χ0v) is 12.3. The van der Waals surface area contributed by atoms with Gasteiger partial charge in [-0.25, -0.2) is 9.59 Å². The van der Waals surface area contributed by atoms with Crippen molar-refractivity contribution in [3.05, 3.63) is 12.2 Å². The summed E-state index contributed by atoms with van der Waals surface area (Å²) >= 11 is 0. The van der Waals surface area contributed by atoms with E-state index in [9.17, 15) is 14.4 Å². The minimum absolute atomic E-state index is 0.271. The molecule has 0 unspecified atom stereocenters. The minimum Gasteiger partial charge on any atom is -0.467 e. The number of rotatable bonds is 2. The van der Waals surface area contributed by atoms with Gasteiger partial charge < -0.3 is 19.7 Å². The molecule has 2 heterocycles. The summed E-state index contributed by atoms with van der Waals surface area (Å²) in [4.78, 5) is 37.8. The molecule has 0 aromatic heterocycles. The van der Waals surface area contributed by atoms with E-state index in [1.807, 2.05) is 6.08 Å². The normalized spacial score (nSPS) is 29.9. The van der Waals surface area contributed by atoms with E-state index >= 15 is 0 Å². The Morgan fingerprint density at radius 2 is 2.10 bits per heavy atom. The summed E-state index contributed by atoms with van der Waals surface area (Å²) < 4.78 is 9.44. The van der Waals surface area contributed by atoms with Gasteiger partial charge in [-0.3, -0.25) is 4.79 Å². The third-order valence-corrected chi connectivity index (χ3v) is 4.09. The fraction of sp³-hybridized carbons (Fsp3) is 0.643. The van der Waals surface area contributed by atoms with Gasteiger partial charge in [0.1, 0.15) is 11.6 Å². The molecular formula is C14H20N2O5. The summed E-state index contributed by atoms with van der Waals surface area (Å²) in [5.74, 6) is -0.677. The second kappa shape index (κ2) is 6.15. The minimum atomic E-state index is -0.946. The highest BCUT2D eigenvalue weighted by atomic mass is 16.5. The lowest BCUT2D eigenvalue weighted by Crippen LogP contribution is -2.59. The number of esters is 1. The van der Waals surface area contributed by atoms with Gasteiger partial charge in [0.25, 0.3) is 0 Å². The van der Waals surface area contributed by atoms with Crippen LogP contribution in [0.3, 0.4) is 0 Å². The third kappa shape index (κ3) is 2.72. The molecule has 0 saturated carbocycles. The van der Waals surface area contributed by atoms with Crippen molar-refractivity contribution >= 4 is 18.0 Å². The van der Waals surface area contributed by atoms with Crippen LogP contribution < -0.4 is 5.32 Å². The molecule has 1 fully saturated rings. The summed E-state index contributed by atoms with van der Waals surface area (Å²) in [6, 6.07) is -0.726. The zero-order valence-electron chi connectivity index (χ0n) is 12.3. The Hall–Kier alpha value is -2.05. The lowest BCUT2D eigenvalue weighted by Gasteiger charge is -2.38. The quantitative estimate of drug-likeness (QED) is 0.595. The average Bonchev–Trinajstić information content (AvgIpc) is 2.91. The molecule has 2 rings (SSSR count). The van der Waals surface area contributed by atoms with Crippen LogP contribution in [0.15, 0.2) is 12.2 Å². The molecule has 1 N–H and O–H groups in total. The van der Waals surface area contributed by atoms with E-state index < -0.39 is 23.6 Å². The first-order valence-electron chi connectivity index (χ1n) is 6.94. The number of fused-ring (bicyclic) bond motifs is 1. The highest BCUT2D eigenvalue weighted by Gasteiger charge is 2.51. The lowest BCUT2D eigenvalue weighted by molar-refractivity contribution is -0.160. The van der Waals surface area contributed by atoms with Crippen LogP contribution in [0.4, 0.5) is 4.79 Å². The molecule has 116 valence electrons. The van der Waals surface area contributed by atoms with E-state index in [0.29, 0.717) is 25.8 Å². The first-order chi connectivity index (χ1) is 10.0. The van der Waals surface area contributed by atoms with Crippen LogP contribution in [0.2, 0.25) is 0 Å². The van der Waals surface area contributed by atoms with Gasteiger partial charge in [-0.15, -0.1) is 0 Å². The fourth-order valence-electron chi connectivity index (χ4n) is 3.02. The standard InChI is InChI=1S/C14H20N2O5/c1-20-12(18)14-7-4-3-6-10(15-13(19)21-2)11(17)16(14)9-5-8-14/h3-4,10H,5-9H2,1-2H3,(H,15,19)/b4-3-/t10-,14-/m0/s1. The van der Waals surface area contributed by atoms with Gasteiger partial charge in [0.05, 0.1) is 14.2 Å². The number of amides is 2. The van der Waals surface area contributed by atoms with E-state index in [0.717, 1.165) is 6.42 Å². The Labute approximate surface area is 123 Å². The van der Waals surface area contributed by atoms with Gasteiger partial charge >= 0.3 is 12.1 Å². The van der Waals surface area contributed by atoms with Crippen molar-refractivity contribution < 1.29 is 23.9 Å². The number of nitrogens with one attached hydrogen (secondary N) is 1. The summed E-state index contributed by atoms with van der Waals surface area (Å²) in [5, 5.41) is 2.52. The number of hydrogen-bond acceptors (Lipinski definition) is 5. The van der Waals surface area contributed by atoms with Gasteiger partial charge in [-0.1, -0.05) is 12.2 Å². The van der Waals surface area contributed by atoms with Gasteiger partial charge in [0.15, 0.2) is 0 Å². The molecule has 0 aliphatic carbocycles. The van der Waals surface area contributed by atoms with Crippen molar-refractivity contribution in [2.24, 2.45) is 0 Å². The average molecular weight is 296 g/mol. The predicted molar refractivity (Wildman–Crippen MR) is 73.4 cm³/mol. The third-order valence-electron chi connectivity index (χ3n) is 4.09. The van der Waals surface area contributed by atoms with Crippen molar-refractivity contribution in [1.29, 1.82) is 0 Å². The molecule has 0 radical (unpaired) electrons. The largest absolute Gasteiger partial charge is 0.467 e. The van der Waals surface area contributed by atoms with Crippen LogP contribution in [-0.4, -0.2) is 55.2 Å². The summed E-state index contributed by atoms with van der Waals surface area (Å²) in [5.41, 5.74) is -0.946. The molecule has 2 aliphatic heterocycles. The maximum atomic E-state index is 12.7. The summed E-state index contributed by atoms with van der Waals surface area (Å²) in [6.45, 7) is 0.487. The first-order valence-corrected chi connectivity index (χ1v) is 6.94. The van der Waals surface area contributed by atoms with Gasteiger partial charge in [0, 0.05) is 6.54 Å². The number of alkyl carbamates (subject to hydrolysis) is 1. The SMILES string of the molecule is COC(=O)N[C@H]1C/C=C\C[C@@]2(C(=O)OC)CCCN2C1=O. The molecule has 21 heavy (non-hydrogen) atoms. The molecule has 7 nitrogen and oxygen atoms in total. The molecular weight excluding hydrogens is 276 g/mol. The fourth-order valence-corrected chi connectivity index (χ4v) is 3.02. The molecule has 0 aromatic carbocycles. The zero-order chi connectivity index (χ0) is 15.5. The molecule has 2 atom stereocenters. The second-order valence-corrected chi connectivity index (χ2v) is 5.22. The molecule has 0 aromatic rings. The second-order valence-electron chi connectivity index (χ2n) is 5.22. The number of methoxy groups -OCH3 is 2. The van der Waals surface area contributed by atoms with Crippen molar-refractivity contribution in [2.45, 2.75) is 37.3 Å². The first kappa shape index (κ1) is 15.3. The van der Waals surface area contributed by atoms with E-state index in [-0.39, 0.29) is 5.91 Å². The van der Waals surface area contributed by atoms with Crippen molar-refractivity contribution in [1.82, 2.24) is 10.2 Å². The Morgan fingerprint density at radius 1 is 1.33 bits per heavy atom. The van der Waals surface area contributed by atoms with Crippen LogP contribution in [0.1, 0.15) is 25.7 Å². The lowest BCUT2D eigenvalue weighted by atomic mass is 9.89. The summed E-state index contributed by atoms with van der Waals surface area (Å²) in [7, 11) is 2.57.